The zero-order valence-electron chi connectivity index (χ0n) is 11.5. The van der Waals surface area contributed by atoms with Crippen LogP contribution in [0.25, 0.3) is 16.3 Å². The third-order valence-corrected chi connectivity index (χ3v) is 4.16. The lowest BCUT2D eigenvalue weighted by Gasteiger charge is -2.01. The smallest absolute Gasteiger partial charge is 0.303 e. The molecule has 0 bridgehead atoms. The van der Waals surface area contributed by atoms with Crippen molar-refractivity contribution < 1.29 is 9.90 Å². The number of carboxylic acids is 1. The van der Waals surface area contributed by atoms with E-state index in [1.54, 1.807) is 4.52 Å². The number of benzene rings is 1. The molecular weight excluding hydrogens is 288 g/mol. The van der Waals surface area contributed by atoms with Gasteiger partial charge >= 0.3 is 5.97 Å². The second kappa shape index (κ2) is 5.61. The Balaban J connectivity index is 1.90. The molecule has 0 aliphatic heterocycles. The maximum Gasteiger partial charge on any atom is 0.303 e. The Labute approximate surface area is 125 Å². The number of rotatable bonds is 5. The summed E-state index contributed by atoms with van der Waals surface area (Å²) in [5.74, 6) is -0.0533. The highest BCUT2D eigenvalue weighted by Gasteiger charge is 2.14. The Morgan fingerprint density at radius 1 is 1.33 bits per heavy atom. The van der Waals surface area contributed by atoms with Crippen LogP contribution in [0.1, 0.15) is 23.4 Å². The summed E-state index contributed by atoms with van der Waals surface area (Å²) in [5, 5.41) is 22.4. The van der Waals surface area contributed by atoms with E-state index in [1.807, 2.05) is 31.2 Å². The molecule has 0 saturated heterocycles. The summed E-state index contributed by atoms with van der Waals surface area (Å²) in [6.45, 7) is 2.02. The van der Waals surface area contributed by atoms with E-state index >= 15 is 0 Å². The Hall–Kier alpha value is -2.28. The molecule has 0 fully saturated rings. The number of aromatic nitrogens is 4. The van der Waals surface area contributed by atoms with Gasteiger partial charge in [-0.3, -0.25) is 4.79 Å². The maximum atomic E-state index is 10.5. The Kier molecular flexibility index (Phi) is 3.66. The third-order valence-electron chi connectivity index (χ3n) is 3.20. The molecule has 1 N–H and O–H groups in total. The molecule has 2 heterocycles. The van der Waals surface area contributed by atoms with Crippen LogP contribution >= 0.6 is 11.3 Å². The normalized spacial score (nSPS) is 11.1. The standard InChI is InChI=1S/C14H14N4O2S/c1-9-5-2-3-6-10(9)13-15-16-14-18(13)17-11(21-14)7-4-8-12(19)20/h2-3,5-6H,4,7-8H2,1H3,(H,19,20). The predicted octanol–water partition coefficient (Wildman–Crippen LogP) is 2.57. The van der Waals surface area contributed by atoms with Gasteiger partial charge in [0.25, 0.3) is 0 Å². The van der Waals surface area contributed by atoms with Crippen LogP contribution in [-0.4, -0.2) is 30.9 Å². The molecule has 1 aromatic carbocycles. The van der Waals surface area contributed by atoms with Crippen molar-refractivity contribution in [2.45, 2.75) is 26.2 Å². The topological polar surface area (TPSA) is 80.4 Å². The number of aliphatic carboxylic acids is 1. The van der Waals surface area contributed by atoms with E-state index < -0.39 is 5.97 Å². The van der Waals surface area contributed by atoms with Crippen LogP contribution in [0, 0.1) is 6.92 Å². The van der Waals surface area contributed by atoms with Gasteiger partial charge in [-0.15, -0.1) is 10.2 Å². The Morgan fingerprint density at radius 2 is 2.14 bits per heavy atom. The first-order valence-corrected chi connectivity index (χ1v) is 7.45. The van der Waals surface area contributed by atoms with Crippen molar-refractivity contribution in [3.05, 3.63) is 34.8 Å². The third kappa shape index (κ3) is 2.78. The van der Waals surface area contributed by atoms with Crippen molar-refractivity contribution in [3.8, 4) is 11.4 Å². The number of hydrogen-bond acceptors (Lipinski definition) is 5. The molecule has 0 spiro atoms. The van der Waals surface area contributed by atoms with Gasteiger partial charge in [-0.1, -0.05) is 35.6 Å². The van der Waals surface area contributed by atoms with Crippen LogP contribution < -0.4 is 0 Å². The molecule has 0 unspecified atom stereocenters. The summed E-state index contributed by atoms with van der Waals surface area (Å²) < 4.78 is 1.74. The van der Waals surface area contributed by atoms with Crippen molar-refractivity contribution in [3.63, 3.8) is 0 Å². The van der Waals surface area contributed by atoms with E-state index in [-0.39, 0.29) is 6.42 Å². The molecule has 6 nitrogen and oxygen atoms in total. The lowest BCUT2D eigenvalue weighted by Crippen LogP contribution is -1.97. The predicted molar refractivity (Wildman–Crippen MR) is 79.4 cm³/mol. The monoisotopic (exact) mass is 302 g/mol. The van der Waals surface area contributed by atoms with Gasteiger partial charge in [0, 0.05) is 18.4 Å². The number of aryl methyl sites for hydroxylation is 2. The average molecular weight is 302 g/mol. The van der Waals surface area contributed by atoms with E-state index in [0.29, 0.717) is 12.8 Å². The number of carbonyl (C=O) groups is 1. The largest absolute Gasteiger partial charge is 0.481 e. The summed E-state index contributed by atoms with van der Waals surface area (Å²) in [5.41, 5.74) is 2.12. The van der Waals surface area contributed by atoms with Crippen LogP contribution in [0.5, 0.6) is 0 Å². The van der Waals surface area contributed by atoms with E-state index in [0.717, 1.165) is 26.9 Å². The van der Waals surface area contributed by atoms with E-state index in [2.05, 4.69) is 15.3 Å². The fraction of sp³-hybridized carbons (Fsp3) is 0.286. The van der Waals surface area contributed by atoms with Crippen molar-refractivity contribution in [2.75, 3.05) is 0 Å². The molecule has 0 saturated carbocycles. The lowest BCUT2D eigenvalue weighted by molar-refractivity contribution is -0.137. The molecule has 3 rings (SSSR count). The summed E-state index contributed by atoms with van der Waals surface area (Å²) >= 11 is 1.46. The molecule has 21 heavy (non-hydrogen) atoms. The molecule has 0 atom stereocenters. The summed E-state index contributed by atoms with van der Waals surface area (Å²) in [6, 6.07) is 7.96. The van der Waals surface area contributed by atoms with Crippen LogP contribution in [0.2, 0.25) is 0 Å². The highest BCUT2D eigenvalue weighted by atomic mass is 32.1. The zero-order chi connectivity index (χ0) is 14.8. The molecule has 7 heteroatoms. The van der Waals surface area contributed by atoms with E-state index in [4.69, 9.17) is 5.11 Å². The number of carboxylic acid groups (broad SMARTS) is 1. The van der Waals surface area contributed by atoms with Crippen LogP contribution in [0.3, 0.4) is 0 Å². The summed E-state index contributed by atoms with van der Waals surface area (Å²) in [4.78, 5) is 11.3. The van der Waals surface area contributed by atoms with Crippen LogP contribution in [-0.2, 0) is 11.2 Å². The molecule has 0 aliphatic carbocycles. The summed E-state index contributed by atoms with van der Waals surface area (Å²) in [7, 11) is 0. The number of nitrogens with zero attached hydrogens (tertiary/aromatic N) is 4. The molecule has 3 aromatic rings. The molecular formula is C14H14N4O2S. The zero-order valence-corrected chi connectivity index (χ0v) is 12.3. The van der Waals surface area contributed by atoms with Crippen molar-refractivity contribution in [2.24, 2.45) is 0 Å². The molecule has 0 radical (unpaired) electrons. The molecule has 2 aromatic heterocycles. The average Bonchev–Trinajstić information content (AvgIpc) is 2.99. The van der Waals surface area contributed by atoms with Gasteiger partial charge in [0.15, 0.2) is 5.82 Å². The second-order valence-corrected chi connectivity index (χ2v) is 5.82. The fourth-order valence-electron chi connectivity index (χ4n) is 2.14. The van der Waals surface area contributed by atoms with Gasteiger partial charge in [0.2, 0.25) is 4.96 Å². The van der Waals surface area contributed by atoms with Crippen LogP contribution in [0.4, 0.5) is 0 Å². The first-order chi connectivity index (χ1) is 10.1. The van der Waals surface area contributed by atoms with Crippen LogP contribution in [0.15, 0.2) is 24.3 Å². The molecule has 0 aliphatic rings. The summed E-state index contributed by atoms with van der Waals surface area (Å²) in [6.07, 6.45) is 1.39. The number of hydrogen-bond donors (Lipinski definition) is 1. The van der Waals surface area contributed by atoms with E-state index in [1.165, 1.54) is 11.3 Å². The highest BCUT2D eigenvalue weighted by molar-refractivity contribution is 7.16. The Bertz CT molecular complexity index is 793. The van der Waals surface area contributed by atoms with Crippen molar-refractivity contribution in [1.29, 1.82) is 0 Å². The SMILES string of the molecule is Cc1ccccc1-c1nnc2sc(CCCC(=O)O)nn12. The Morgan fingerprint density at radius 3 is 2.90 bits per heavy atom. The minimum absolute atomic E-state index is 0.158. The van der Waals surface area contributed by atoms with Gasteiger partial charge in [0.05, 0.1) is 0 Å². The van der Waals surface area contributed by atoms with Crippen molar-refractivity contribution >= 4 is 22.3 Å². The lowest BCUT2D eigenvalue weighted by atomic mass is 10.1. The van der Waals surface area contributed by atoms with Gasteiger partial charge in [-0.2, -0.15) is 9.61 Å². The van der Waals surface area contributed by atoms with Gasteiger partial charge in [-0.25, -0.2) is 0 Å². The quantitative estimate of drug-likeness (QED) is 0.783. The van der Waals surface area contributed by atoms with Gasteiger partial charge < -0.3 is 5.11 Å². The second-order valence-electron chi connectivity index (χ2n) is 4.78. The van der Waals surface area contributed by atoms with Gasteiger partial charge in [-0.05, 0) is 18.9 Å². The molecule has 0 amide bonds. The van der Waals surface area contributed by atoms with E-state index in [9.17, 15) is 4.79 Å². The minimum Gasteiger partial charge on any atom is -0.481 e. The fourth-order valence-corrected chi connectivity index (χ4v) is 3.02. The van der Waals surface area contributed by atoms with Gasteiger partial charge in [0.1, 0.15) is 5.01 Å². The molecule has 108 valence electrons. The first-order valence-electron chi connectivity index (χ1n) is 6.64. The first kappa shape index (κ1) is 13.7. The highest BCUT2D eigenvalue weighted by Crippen LogP contribution is 2.24. The number of fused-ring (bicyclic) bond motifs is 1. The maximum absolute atomic E-state index is 10.5. The minimum atomic E-state index is -0.779. The van der Waals surface area contributed by atoms with Crippen molar-refractivity contribution in [1.82, 2.24) is 19.8 Å².